The van der Waals surface area contributed by atoms with Crippen LogP contribution in [0.25, 0.3) is 0 Å². The fourth-order valence-electron chi connectivity index (χ4n) is 3.44. The van der Waals surface area contributed by atoms with E-state index in [9.17, 15) is 18.0 Å². The van der Waals surface area contributed by atoms with Gasteiger partial charge < -0.3 is 9.80 Å². The summed E-state index contributed by atoms with van der Waals surface area (Å²) < 4.78 is 39.0. The monoisotopic (exact) mass is 262 g/mol. The molecule has 1 saturated carbocycles. The number of carbonyl (C=O) groups is 1. The van der Waals surface area contributed by atoms with Crippen LogP contribution in [0, 0.1) is 5.41 Å². The highest BCUT2D eigenvalue weighted by Crippen LogP contribution is 2.59. The molecule has 6 heteroatoms. The maximum absolute atomic E-state index is 13.0. The van der Waals surface area contributed by atoms with Crippen molar-refractivity contribution in [2.24, 2.45) is 5.41 Å². The minimum Gasteiger partial charge on any atom is -0.333 e. The average molecular weight is 262 g/mol. The Kier molecular flexibility index (Phi) is 2.47. The van der Waals surface area contributed by atoms with Crippen LogP contribution in [0.2, 0.25) is 0 Å². The Balaban J connectivity index is 1.83. The predicted molar refractivity (Wildman–Crippen MR) is 58.9 cm³/mol. The number of likely N-dealkylation sites (tertiary alicyclic amines) is 1. The smallest absolute Gasteiger partial charge is 0.333 e. The molecule has 3 nitrogen and oxygen atoms in total. The molecule has 2 heterocycles. The molecule has 102 valence electrons. The van der Waals surface area contributed by atoms with Crippen molar-refractivity contribution in [2.75, 3.05) is 20.1 Å². The van der Waals surface area contributed by atoms with Crippen molar-refractivity contribution >= 4 is 5.91 Å². The third kappa shape index (κ3) is 1.57. The molecule has 0 spiro atoms. The molecule has 2 unspecified atom stereocenters. The quantitative estimate of drug-likeness (QED) is 0.717. The van der Waals surface area contributed by atoms with Crippen LogP contribution in [0.15, 0.2) is 0 Å². The van der Waals surface area contributed by atoms with E-state index >= 15 is 0 Å². The van der Waals surface area contributed by atoms with Gasteiger partial charge in [-0.25, -0.2) is 0 Å². The fourth-order valence-corrected chi connectivity index (χ4v) is 3.44. The lowest BCUT2D eigenvalue weighted by atomic mass is 10.0. The van der Waals surface area contributed by atoms with E-state index in [-0.39, 0.29) is 24.9 Å². The summed E-state index contributed by atoms with van der Waals surface area (Å²) in [6.45, 7) is 1.41. The van der Waals surface area contributed by atoms with Gasteiger partial charge in [-0.05, 0) is 32.7 Å². The zero-order valence-corrected chi connectivity index (χ0v) is 10.3. The molecule has 3 aliphatic rings. The standard InChI is InChI=1S/C12H17F3N2O/c1-16-6-8-2-3-9(7-16)17(8)10(18)11(4-5-11)12(13,14)15/h8-9H,2-7H2,1H3. The highest BCUT2D eigenvalue weighted by Gasteiger charge is 2.70. The van der Waals surface area contributed by atoms with E-state index in [0.29, 0.717) is 13.1 Å². The summed E-state index contributed by atoms with van der Waals surface area (Å²) in [5.74, 6) is -0.657. The highest BCUT2D eigenvalue weighted by atomic mass is 19.4. The largest absolute Gasteiger partial charge is 0.403 e. The van der Waals surface area contributed by atoms with Crippen molar-refractivity contribution in [1.29, 1.82) is 0 Å². The van der Waals surface area contributed by atoms with Crippen LogP contribution in [0.5, 0.6) is 0 Å². The van der Waals surface area contributed by atoms with E-state index in [0.717, 1.165) is 12.8 Å². The Labute approximate surface area is 104 Å². The van der Waals surface area contributed by atoms with Crippen molar-refractivity contribution in [1.82, 2.24) is 9.80 Å². The van der Waals surface area contributed by atoms with Gasteiger partial charge in [-0.1, -0.05) is 0 Å². The lowest BCUT2D eigenvalue weighted by Gasteiger charge is -2.41. The molecule has 3 rings (SSSR count). The van der Waals surface area contributed by atoms with Gasteiger partial charge in [0.25, 0.3) is 0 Å². The number of hydrogen-bond acceptors (Lipinski definition) is 2. The minimum absolute atomic E-state index is 0.0129. The van der Waals surface area contributed by atoms with Crippen LogP contribution >= 0.6 is 0 Å². The van der Waals surface area contributed by atoms with Gasteiger partial charge in [-0.3, -0.25) is 4.79 Å². The van der Waals surface area contributed by atoms with Crippen LogP contribution < -0.4 is 0 Å². The normalized spacial score (nSPS) is 34.8. The SMILES string of the molecule is CN1CC2CCC(C1)N2C(=O)C1(C(F)(F)F)CC1. The molecule has 0 aromatic heterocycles. The Morgan fingerprint density at radius 1 is 1.17 bits per heavy atom. The average Bonchev–Trinajstić information content (AvgIpc) is 3.00. The van der Waals surface area contributed by atoms with Gasteiger partial charge >= 0.3 is 6.18 Å². The predicted octanol–water partition coefficient (Wildman–Crippen LogP) is 1.63. The molecular weight excluding hydrogens is 245 g/mol. The molecule has 0 N–H and O–H groups in total. The van der Waals surface area contributed by atoms with Gasteiger partial charge in [0.1, 0.15) is 5.41 Å². The number of halogens is 3. The van der Waals surface area contributed by atoms with Crippen LogP contribution in [0.3, 0.4) is 0 Å². The number of piperazine rings is 1. The van der Waals surface area contributed by atoms with E-state index in [1.54, 1.807) is 4.90 Å². The summed E-state index contributed by atoms with van der Waals surface area (Å²) in [6.07, 6.45) is -2.75. The molecule has 2 atom stereocenters. The van der Waals surface area contributed by atoms with Crippen LogP contribution in [0.1, 0.15) is 25.7 Å². The van der Waals surface area contributed by atoms with Gasteiger partial charge in [0, 0.05) is 25.2 Å². The van der Waals surface area contributed by atoms with E-state index in [1.165, 1.54) is 0 Å². The van der Waals surface area contributed by atoms with E-state index in [2.05, 4.69) is 4.90 Å². The minimum atomic E-state index is -4.38. The molecule has 0 aromatic carbocycles. The van der Waals surface area contributed by atoms with E-state index in [4.69, 9.17) is 0 Å². The fraction of sp³-hybridized carbons (Fsp3) is 0.917. The van der Waals surface area contributed by atoms with Crippen molar-refractivity contribution in [2.45, 2.75) is 43.9 Å². The molecule has 0 aromatic rings. The molecular formula is C12H17F3N2O. The number of rotatable bonds is 1. The summed E-state index contributed by atoms with van der Waals surface area (Å²) in [5.41, 5.74) is -2.04. The van der Waals surface area contributed by atoms with Crippen LogP contribution in [-0.4, -0.2) is 54.1 Å². The molecule has 2 saturated heterocycles. The first kappa shape index (κ1) is 12.3. The number of alkyl halides is 3. The molecule has 0 radical (unpaired) electrons. The third-order valence-electron chi connectivity index (χ3n) is 4.60. The first-order valence-corrected chi connectivity index (χ1v) is 6.43. The van der Waals surface area contributed by atoms with Crippen molar-refractivity contribution < 1.29 is 18.0 Å². The van der Waals surface area contributed by atoms with Crippen molar-refractivity contribution in [3.63, 3.8) is 0 Å². The molecule has 18 heavy (non-hydrogen) atoms. The molecule has 3 fully saturated rings. The molecule has 2 bridgehead atoms. The summed E-state index contributed by atoms with van der Waals surface area (Å²) in [4.78, 5) is 16.0. The first-order valence-electron chi connectivity index (χ1n) is 6.43. The number of likely N-dealkylation sites (N-methyl/N-ethyl adjacent to an activating group) is 1. The Hall–Kier alpha value is -0.780. The van der Waals surface area contributed by atoms with Crippen molar-refractivity contribution in [3.05, 3.63) is 0 Å². The number of nitrogens with zero attached hydrogens (tertiary/aromatic N) is 2. The van der Waals surface area contributed by atoms with Gasteiger partial charge in [-0.15, -0.1) is 0 Å². The lowest BCUT2D eigenvalue weighted by Crippen LogP contribution is -2.58. The number of fused-ring (bicyclic) bond motifs is 2. The van der Waals surface area contributed by atoms with Crippen LogP contribution in [0.4, 0.5) is 13.2 Å². The summed E-state index contributed by atoms with van der Waals surface area (Å²) in [7, 11) is 1.96. The van der Waals surface area contributed by atoms with E-state index in [1.807, 2.05) is 7.05 Å². The van der Waals surface area contributed by atoms with Crippen LogP contribution in [-0.2, 0) is 4.79 Å². The highest BCUT2D eigenvalue weighted by molar-refractivity contribution is 5.87. The molecule has 1 amide bonds. The second kappa shape index (κ2) is 3.62. The Morgan fingerprint density at radius 2 is 1.67 bits per heavy atom. The van der Waals surface area contributed by atoms with Crippen molar-refractivity contribution in [3.8, 4) is 0 Å². The zero-order chi connectivity index (χ0) is 13.1. The van der Waals surface area contributed by atoms with Gasteiger partial charge in [-0.2, -0.15) is 13.2 Å². The van der Waals surface area contributed by atoms with Gasteiger partial charge in [0.05, 0.1) is 0 Å². The number of carbonyl (C=O) groups excluding carboxylic acids is 1. The lowest BCUT2D eigenvalue weighted by molar-refractivity contribution is -0.201. The third-order valence-corrected chi connectivity index (χ3v) is 4.60. The first-order chi connectivity index (χ1) is 8.35. The second-order valence-corrected chi connectivity index (χ2v) is 5.90. The topological polar surface area (TPSA) is 23.6 Å². The number of hydrogen-bond donors (Lipinski definition) is 0. The number of amides is 1. The second-order valence-electron chi connectivity index (χ2n) is 5.90. The van der Waals surface area contributed by atoms with Gasteiger partial charge in [0.2, 0.25) is 5.91 Å². The Bertz CT molecular complexity index is 364. The molecule has 1 aliphatic carbocycles. The Morgan fingerprint density at radius 3 is 2.06 bits per heavy atom. The summed E-state index contributed by atoms with van der Waals surface area (Å²) in [6, 6.07) is -0.0258. The molecule has 2 aliphatic heterocycles. The summed E-state index contributed by atoms with van der Waals surface area (Å²) >= 11 is 0. The van der Waals surface area contributed by atoms with Gasteiger partial charge in [0.15, 0.2) is 0 Å². The maximum atomic E-state index is 13.0. The maximum Gasteiger partial charge on any atom is 0.403 e. The zero-order valence-electron chi connectivity index (χ0n) is 10.3. The van der Waals surface area contributed by atoms with E-state index < -0.39 is 17.5 Å². The summed E-state index contributed by atoms with van der Waals surface area (Å²) in [5, 5.41) is 0.